The molecular weight excluding hydrogens is 140 g/mol. The van der Waals surface area contributed by atoms with Crippen molar-refractivity contribution in [3.05, 3.63) is 0 Å². The van der Waals surface area contributed by atoms with Crippen LogP contribution in [0.25, 0.3) is 0 Å². The Morgan fingerprint density at radius 1 is 1.40 bits per heavy atom. The lowest BCUT2D eigenvalue weighted by atomic mass is 10.2. The van der Waals surface area contributed by atoms with Crippen molar-refractivity contribution in [3.8, 4) is 0 Å². The maximum absolute atomic E-state index is 8.92. The van der Waals surface area contributed by atoms with Crippen LogP contribution >= 0.6 is 0 Å². The van der Waals surface area contributed by atoms with Crippen LogP contribution in [0.15, 0.2) is 0 Å². The van der Waals surface area contributed by atoms with Crippen LogP contribution < -0.4 is 0 Å². The Hall–Kier alpha value is -0.200. The molecule has 0 aromatic rings. The van der Waals surface area contributed by atoms with Gasteiger partial charge < -0.3 is 25.5 Å². The fourth-order valence-corrected chi connectivity index (χ4v) is 0.828. The zero-order valence-electron chi connectivity index (χ0n) is 5.40. The van der Waals surface area contributed by atoms with E-state index in [0.717, 1.165) is 0 Å². The second kappa shape index (κ2) is 3.85. The number of aliphatic hydroxyl groups is 3. The van der Waals surface area contributed by atoms with Gasteiger partial charge in [-0.2, -0.15) is 0 Å². The van der Waals surface area contributed by atoms with Gasteiger partial charge in [0.15, 0.2) is 0 Å². The van der Waals surface area contributed by atoms with Gasteiger partial charge in [-0.05, 0) is 0 Å². The molecule has 1 aliphatic heterocycles. The standard InChI is InChI=1S/C5H10O4.H2O/c6-1-4-5(8)3(7)2-9-4;/h3-8H,1-2H2;1H2/t3-,4+,5-;/m0./s1. The number of aliphatic hydroxyl groups excluding tert-OH is 3. The molecule has 62 valence electrons. The van der Waals surface area contributed by atoms with Gasteiger partial charge >= 0.3 is 0 Å². The second-order valence-electron chi connectivity index (χ2n) is 2.11. The van der Waals surface area contributed by atoms with E-state index in [0.29, 0.717) is 0 Å². The van der Waals surface area contributed by atoms with Gasteiger partial charge in [0.1, 0.15) is 18.3 Å². The fraction of sp³-hybridized carbons (Fsp3) is 1.00. The third-order valence-corrected chi connectivity index (χ3v) is 1.44. The van der Waals surface area contributed by atoms with Crippen molar-refractivity contribution < 1.29 is 25.5 Å². The number of hydrogen-bond donors (Lipinski definition) is 3. The van der Waals surface area contributed by atoms with E-state index in [1.807, 2.05) is 0 Å². The summed E-state index contributed by atoms with van der Waals surface area (Å²) in [5.74, 6) is 0. The molecule has 1 saturated heterocycles. The lowest BCUT2D eigenvalue weighted by Gasteiger charge is -2.10. The molecule has 1 heterocycles. The third-order valence-electron chi connectivity index (χ3n) is 1.44. The van der Waals surface area contributed by atoms with Crippen LogP contribution in [0, 0.1) is 0 Å². The van der Waals surface area contributed by atoms with Crippen LogP contribution in [0.1, 0.15) is 0 Å². The zero-order chi connectivity index (χ0) is 6.85. The Kier molecular flexibility index (Phi) is 3.77. The SMILES string of the molecule is O.OC[C@H]1OC[C@H](O)[C@@H]1O. The quantitative estimate of drug-likeness (QED) is 0.379. The van der Waals surface area contributed by atoms with Gasteiger partial charge in [-0.1, -0.05) is 0 Å². The highest BCUT2D eigenvalue weighted by molar-refractivity contribution is 4.81. The highest BCUT2D eigenvalue weighted by Crippen LogP contribution is 2.12. The van der Waals surface area contributed by atoms with Crippen molar-refractivity contribution >= 4 is 0 Å². The van der Waals surface area contributed by atoms with Crippen LogP contribution in [0.4, 0.5) is 0 Å². The molecule has 5 heteroatoms. The van der Waals surface area contributed by atoms with E-state index in [9.17, 15) is 0 Å². The van der Waals surface area contributed by atoms with Crippen molar-refractivity contribution in [2.24, 2.45) is 0 Å². The van der Waals surface area contributed by atoms with E-state index in [1.54, 1.807) is 0 Å². The van der Waals surface area contributed by atoms with Crippen LogP contribution in [0.3, 0.4) is 0 Å². The molecule has 1 fully saturated rings. The molecule has 0 aromatic heterocycles. The molecule has 0 bridgehead atoms. The van der Waals surface area contributed by atoms with E-state index in [2.05, 4.69) is 0 Å². The van der Waals surface area contributed by atoms with Gasteiger partial charge in [0.05, 0.1) is 13.2 Å². The van der Waals surface area contributed by atoms with E-state index >= 15 is 0 Å². The molecule has 1 rings (SSSR count). The van der Waals surface area contributed by atoms with E-state index < -0.39 is 18.3 Å². The largest absolute Gasteiger partial charge is 0.412 e. The summed E-state index contributed by atoms with van der Waals surface area (Å²) in [6.07, 6.45) is -2.35. The van der Waals surface area contributed by atoms with E-state index in [-0.39, 0.29) is 18.7 Å². The first-order valence-corrected chi connectivity index (χ1v) is 2.84. The lowest BCUT2D eigenvalue weighted by molar-refractivity contribution is -0.00588. The minimum absolute atomic E-state index is 0. The summed E-state index contributed by atoms with van der Waals surface area (Å²) in [6.45, 7) is -0.120. The zero-order valence-corrected chi connectivity index (χ0v) is 5.40. The summed E-state index contributed by atoms with van der Waals surface area (Å²) in [5.41, 5.74) is 0. The topological polar surface area (TPSA) is 101 Å². The van der Waals surface area contributed by atoms with Gasteiger partial charge in [0.25, 0.3) is 0 Å². The van der Waals surface area contributed by atoms with Crippen LogP contribution in [-0.4, -0.2) is 52.3 Å². The molecular formula is C5H12O5. The molecule has 5 nitrogen and oxygen atoms in total. The minimum Gasteiger partial charge on any atom is -0.412 e. The molecule has 5 N–H and O–H groups in total. The first-order valence-electron chi connectivity index (χ1n) is 2.84. The van der Waals surface area contributed by atoms with Gasteiger partial charge in [0.2, 0.25) is 0 Å². The smallest absolute Gasteiger partial charge is 0.110 e. The predicted molar refractivity (Wildman–Crippen MR) is 32.5 cm³/mol. The molecule has 0 spiro atoms. The fourth-order valence-electron chi connectivity index (χ4n) is 0.828. The van der Waals surface area contributed by atoms with Crippen molar-refractivity contribution in [2.75, 3.05) is 13.2 Å². The molecule has 0 saturated carbocycles. The predicted octanol–water partition coefficient (Wildman–Crippen LogP) is -2.73. The van der Waals surface area contributed by atoms with Crippen LogP contribution in [0.5, 0.6) is 0 Å². The van der Waals surface area contributed by atoms with Gasteiger partial charge in [-0.15, -0.1) is 0 Å². The van der Waals surface area contributed by atoms with Gasteiger partial charge in [0, 0.05) is 0 Å². The molecule has 3 atom stereocenters. The monoisotopic (exact) mass is 152 g/mol. The lowest BCUT2D eigenvalue weighted by Crippen LogP contribution is -2.31. The minimum atomic E-state index is -0.921. The summed E-state index contributed by atoms with van der Waals surface area (Å²) >= 11 is 0. The van der Waals surface area contributed by atoms with Crippen molar-refractivity contribution in [1.82, 2.24) is 0 Å². The average Bonchev–Trinajstić information content (AvgIpc) is 2.15. The molecule has 10 heavy (non-hydrogen) atoms. The van der Waals surface area contributed by atoms with Crippen LogP contribution in [0.2, 0.25) is 0 Å². The Balaban J connectivity index is 0.000000810. The average molecular weight is 152 g/mol. The first kappa shape index (κ1) is 9.80. The summed E-state index contributed by atoms with van der Waals surface area (Å²) in [7, 11) is 0. The first-order chi connectivity index (χ1) is 4.25. The maximum atomic E-state index is 8.92. The summed E-state index contributed by atoms with van der Waals surface area (Å²) in [5, 5.41) is 26.2. The highest BCUT2D eigenvalue weighted by atomic mass is 16.5. The van der Waals surface area contributed by atoms with E-state index in [4.69, 9.17) is 20.1 Å². The maximum Gasteiger partial charge on any atom is 0.110 e. The van der Waals surface area contributed by atoms with E-state index in [1.165, 1.54) is 0 Å². The Labute approximate surface area is 58.2 Å². The molecule has 0 aliphatic carbocycles. The second-order valence-corrected chi connectivity index (χ2v) is 2.11. The van der Waals surface area contributed by atoms with Crippen LogP contribution in [-0.2, 0) is 4.74 Å². The molecule has 0 radical (unpaired) electrons. The van der Waals surface area contributed by atoms with Crippen molar-refractivity contribution in [2.45, 2.75) is 18.3 Å². The summed E-state index contributed by atoms with van der Waals surface area (Å²) < 4.78 is 4.78. The van der Waals surface area contributed by atoms with Crippen molar-refractivity contribution in [3.63, 3.8) is 0 Å². The molecule has 0 aromatic carbocycles. The summed E-state index contributed by atoms with van der Waals surface area (Å²) in [6, 6.07) is 0. The van der Waals surface area contributed by atoms with Gasteiger partial charge in [-0.25, -0.2) is 0 Å². The number of ether oxygens (including phenoxy) is 1. The molecule has 1 aliphatic rings. The van der Waals surface area contributed by atoms with Gasteiger partial charge in [-0.3, -0.25) is 0 Å². The molecule has 0 amide bonds. The highest BCUT2D eigenvalue weighted by Gasteiger charge is 2.33. The van der Waals surface area contributed by atoms with Crippen molar-refractivity contribution in [1.29, 1.82) is 0 Å². The number of hydrogen-bond acceptors (Lipinski definition) is 4. The summed E-state index contributed by atoms with van der Waals surface area (Å²) in [4.78, 5) is 0. The number of rotatable bonds is 1. The Bertz CT molecular complexity index is 96.0. The normalized spacial score (nSPS) is 39.3. The Morgan fingerprint density at radius 3 is 2.20 bits per heavy atom. The Morgan fingerprint density at radius 2 is 2.00 bits per heavy atom. The third kappa shape index (κ3) is 1.65. The molecule has 0 unspecified atom stereocenters.